The number of nitrogens with zero attached hydrogens (tertiary/aromatic N) is 1. The van der Waals surface area contributed by atoms with Crippen molar-refractivity contribution in [3.05, 3.63) is 53.1 Å². The van der Waals surface area contributed by atoms with Crippen LogP contribution in [0.5, 0.6) is 5.75 Å². The molecule has 1 saturated heterocycles. The number of aliphatic hydroxyl groups is 1. The lowest BCUT2D eigenvalue weighted by Crippen LogP contribution is -2.50. The van der Waals surface area contributed by atoms with E-state index in [1.807, 2.05) is 45.9 Å². The first-order chi connectivity index (χ1) is 18.3. The standard InChI is InChI=1S/C31H46BNO6Si/c1-28(2,35)21-15-16-22-26(19-21)36-18-17-33(27(22)34)25-14-12-13-24(32-38-29(3,4)30(5,6)39-32)23(25)20-37-31(7,8)40(9,10)11/h12-16,19,35H,17-18,20H2,1-11H3. The highest BCUT2D eigenvalue weighted by Gasteiger charge is 2.52. The Morgan fingerprint density at radius 1 is 1.02 bits per heavy atom. The summed E-state index contributed by atoms with van der Waals surface area (Å²) in [4.78, 5) is 15.8. The van der Waals surface area contributed by atoms with Gasteiger partial charge in [0.1, 0.15) is 12.4 Å². The van der Waals surface area contributed by atoms with Gasteiger partial charge < -0.3 is 28.8 Å². The summed E-state index contributed by atoms with van der Waals surface area (Å²) < 4.78 is 25.6. The summed E-state index contributed by atoms with van der Waals surface area (Å²) in [6.07, 6.45) is 0. The molecule has 9 heteroatoms. The fourth-order valence-corrected chi connectivity index (χ4v) is 5.09. The SMILES string of the molecule is CC(C)(O)c1ccc2c(c1)OCCN(c1cccc(B3OC(C)(C)C(C)(C)O3)c1COC(C)(C)[Si](C)(C)C)C2=O. The van der Waals surface area contributed by atoms with Crippen LogP contribution in [0.4, 0.5) is 5.69 Å². The monoisotopic (exact) mass is 567 g/mol. The molecule has 218 valence electrons. The molecule has 2 aliphatic rings. The molecular weight excluding hydrogens is 521 g/mol. The lowest BCUT2D eigenvalue weighted by atomic mass is 9.75. The van der Waals surface area contributed by atoms with Gasteiger partial charge in [-0.25, -0.2) is 0 Å². The highest BCUT2D eigenvalue weighted by atomic mass is 28.3. The topological polar surface area (TPSA) is 77.5 Å². The number of anilines is 1. The summed E-state index contributed by atoms with van der Waals surface area (Å²) in [6, 6.07) is 11.2. The van der Waals surface area contributed by atoms with E-state index in [2.05, 4.69) is 33.5 Å². The van der Waals surface area contributed by atoms with E-state index >= 15 is 0 Å². The minimum Gasteiger partial charge on any atom is -0.491 e. The Hall–Kier alpha value is -2.17. The van der Waals surface area contributed by atoms with Crippen LogP contribution in [0.2, 0.25) is 19.6 Å². The van der Waals surface area contributed by atoms with Gasteiger partial charge in [0.15, 0.2) is 0 Å². The van der Waals surface area contributed by atoms with E-state index < -0.39 is 32.0 Å². The predicted molar refractivity (Wildman–Crippen MR) is 163 cm³/mol. The van der Waals surface area contributed by atoms with E-state index in [1.54, 1.807) is 36.9 Å². The van der Waals surface area contributed by atoms with Crippen molar-refractivity contribution in [3.63, 3.8) is 0 Å². The quantitative estimate of drug-likeness (QED) is 0.450. The third-order valence-electron chi connectivity index (χ3n) is 9.11. The second-order valence-corrected chi connectivity index (χ2v) is 19.8. The summed E-state index contributed by atoms with van der Waals surface area (Å²) >= 11 is 0. The average Bonchev–Trinajstić information content (AvgIpc) is 2.94. The van der Waals surface area contributed by atoms with Gasteiger partial charge in [0, 0.05) is 11.3 Å². The van der Waals surface area contributed by atoms with E-state index in [0.29, 0.717) is 36.6 Å². The van der Waals surface area contributed by atoms with E-state index in [-0.39, 0.29) is 11.1 Å². The molecule has 2 aromatic rings. The minimum atomic E-state index is -1.69. The highest BCUT2D eigenvalue weighted by Crippen LogP contribution is 2.38. The van der Waals surface area contributed by atoms with Crippen molar-refractivity contribution in [2.45, 2.75) is 104 Å². The fourth-order valence-electron chi connectivity index (χ4n) is 4.58. The van der Waals surface area contributed by atoms with Gasteiger partial charge in [0.25, 0.3) is 5.91 Å². The van der Waals surface area contributed by atoms with E-state index in [4.69, 9.17) is 18.8 Å². The molecule has 0 spiro atoms. The summed E-state index contributed by atoms with van der Waals surface area (Å²) in [5.41, 5.74) is 1.58. The van der Waals surface area contributed by atoms with E-state index in [9.17, 15) is 9.90 Å². The lowest BCUT2D eigenvalue weighted by Gasteiger charge is -2.38. The van der Waals surface area contributed by atoms with Crippen LogP contribution in [0.1, 0.15) is 76.9 Å². The molecule has 0 aromatic heterocycles. The number of carbonyl (C=O) groups excluding carboxylic acids is 1. The highest BCUT2D eigenvalue weighted by molar-refractivity contribution is 6.78. The number of hydrogen-bond acceptors (Lipinski definition) is 6. The molecular formula is C31H46BNO6Si. The van der Waals surface area contributed by atoms with Gasteiger partial charge in [0.2, 0.25) is 0 Å². The van der Waals surface area contributed by atoms with Crippen LogP contribution < -0.4 is 15.1 Å². The second kappa shape index (κ2) is 10.3. The zero-order valence-corrected chi connectivity index (χ0v) is 27.1. The van der Waals surface area contributed by atoms with Crippen molar-refractivity contribution in [2.75, 3.05) is 18.1 Å². The van der Waals surface area contributed by atoms with Gasteiger partial charge in [-0.3, -0.25) is 4.79 Å². The Morgan fingerprint density at radius 2 is 1.65 bits per heavy atom. The van der Waals surface area contributed by atoms with Gasteiger partial charge in [-0.1, -0.05) is 37.8 Å². The molecule has 0 bridgehead atoms. The maximum absolute atomic E-state index is 14.0. The molecule has 0 aliphatic carbocycles. The first kappa shape index (κ1) is 30.8. The number of fused-ring (bicyclic) bond motifs is 1. The molecule has 1 N–H and O–H groups in total. The van der Waals surface area contributed by atoms with Crippen LogP contribution in [-0.2, 0) is 26.3 Å². The molecule has 0 atom stereocenters. The summed E-state index contributed by atoms with van der Waals surface area (Å²) in [6.45, 7) is 23.8. The van der Waals surface area contributed by atoms with Crippen molar-refractivity contribution in [1.82, 2.24) is 0 Å². The van der Waals surface area contributed by atoms with E-state index in [0.717, 1.165) is 16.7 Å². The number of ether oxygens (including phenoxy) is 2. The maximum Gasteiger partial charge on any atom is 0.495 e. The number of hydrogen-bond donors (Lipinski definition) is 1. The van der Waals surface area contributed by atoms with E-state index in [1.165, 1.54) is 0 Å². The number of carbonyl (C=O) groups is 1. The molecule has 2 aromatic carbocycles. The Bertz CT molecular complexity index is 1260. The molecule has 40 heavy (non-hydrogen) atoms. The van der Waals surface area contributed by atoms with Crippen molar-refractivity contribution < 1.29 is 28.7 Å². The first-order valence-electron chi connectivity index (χ1n) is 14.2. The molecule has 1 amide bonds. The number of benzene rings is 2. The minimum absolute atomic E-state index is 0.161. The molecule has 2 heterocycles. The third kappa shape index (κ3) is 5.77. The summed E-state index contributed by atoms with van der Waals surface area (Å²) in [7, 11) is -2.28. The Balaban J connectivity index is 1.79. The average molecular weight is 568 g/mol. The van der Waals surface area contributed by atoms with Crippen LogP contribution >= 0.6 is 0 Å². The molecule has 1 fully saturated rings. The normalized spacial score (nSPS) is 19.4. The van der Waals surface area contributed by atoms with Crippen LogP contribution in [-0.4, -0.2) is 55.8 Å². The van der Waals surface area contributed by atoms with Crippen LogP contribution in [0.3, 0.4) is 0 Å². The summed E-state index contributed by atoms with van der Waals surface area (Å²) in [5.74, 6) is 0.318. The lowest BCUT2D eigenvalue weighted by molar-refractivity contribution is 0.00578. The molecule has 0 unspecified atom stereocenters. The number of amides is 1. The molecule has 0 saturated carbocycles. The van der Waals surface area contributed by atoms with Crippen molar-refractivity contribution in [2.24, 2.45) is 0 Å². The Morgan fingerprint density at radius 3 is 2.23 bits per heavy atom. The smallest absolute Gasteiger partial charge is 0.491 e. The van der Waals surface area contributed by atoms with Crippen molar-refractivity contribution in [3.8, 4) is 5.75 Å². The second-order valence-electron chi connectivity index (χ2n) is 14.1. The van der Waals surface area contributed by atoms with Gasteiger partial charge in [0.05, 0.1) is 48.8 Å². The van der Waals surface area contributed by atoms with Gasteiger partial charge >= 0.3 is 7.12 Å². The van der Waals surface area contributed by atoms with Gasteiger partial charge in [-0.15, -0.1) is 0 Å². The zero-order valence-electron chi connectivity index (χ0n) is 26.1. The third-order valence-corrected chi connectivity index (χ3v) is 12.9. The maximum atomic E-state index is 14.0. The molecule has 7 nitrogen and oxygen atoms in total. The van der Waals surface area contributed by atoms with Gasteiger partial charge in [-0.05, 0) is 84.6 Å². The Labute approximate surface area is 241 Å². The molecule has 2 aliphatic heterocycles. The predicted octanol–water partition coefficient (Wildman–Crippen LogP) is 5.43. The molecule has 0 radical (unpaired) electrons. The van der Waals surface area contributed by atoms with Crippen LogP contribution in [0.25, 0.3) is 0 Å². The summed E-state index contributed by atoms with van der Waals surface area (Å²) in [5, 5.41) is 10.2. The zero-order chi connectivity index (χ0) is 29.9. The Kier molecular flexibility index (Phi) is 7.91. The first-order valence-corrected chi connectivity index (χ1v) is 17.7. The van der Waals surface area contributed by atoms with Crippen molar-refractivity contribution >= 4 is 32.2 Å². The number of rotatable bonds is 7. The fraction of sp³-hybridized carbons (Fsp3) is 0.581. The van der Waals surface area contributed by atoms with Crippen LogP contribution in [0.15, 0.2) is 36.4 Å². The van der Waals surface area contributed by atoms with Gasteiger partial charge in [-0.2, -0.15) is 0 Å². The largest absolute Gasteiger partial charge is 0.495 e. The van der Waals surface area contributed by atoms with Crippen molar-refractivity contribution in [1.29, 1.82) is 0 Å². The molecule has 4 rings (SSSR count). The van der Waals surface area contributed by atoms with Crippen LogP contribution in [0, 0.1) is 0 Å².